The van der Waals surface area contributed by atoms with E-state index in [4.69, 9.17) is 14.2 Å². The van der Waals surface area contributed by atoms with Crippen LogP contribution in [-0.4, -0.2) is 36.1 Å². The zero-order valence-electron chi connectivity index (χ0n) is 12.0. The first kappa shape index (κ1) is 14.0. The Labute approximate surface area is 119 Å². The molecule has 2 aliphatic rings. The van der Waals surface area contributed by atoms with Gasteiger partial charge in [0, 0.05) is 5.92 Å². The summed E-state index contributed by atoms with van der Waals surface area (Å²) in [5.74, 6) is 0.160. The standard InChI is InChI=1S/C16H22O4/c1-10-11(2)20-14-9-18-7-12-5-3-4-6-13(12)8-19-16(10)15(14)17/h3-6,10-11,14-17H,7-9H2,1-2H3/t10?,11-,14?,15-,16-/m0/s1. The van der Waals surface area contributed by atoms with Gasteiger partial charge in [-0.25, -0.2) is 0 Å². The number of rotatable bonds is 0. The van der Waals surface area contributed by atoms with Crippen molar-refractivity contribution in [2.45, 2.75) is 51.5 Å². The topological polar surface area (TPSA) is 47.9 Å². The normalized spacial score (nSPS) is 38.0. The third kappa shape index (κ3) is 2.61. The van der Waals surface area contributed by atoms with Crippen molar-refractivity contribution in [2.75, 3.05) is 6.61 Å². The molecular weight excluding hydrogens is 256 g/mol. The SMILES string of the molecule is CC1[C@H](C)OC2COCc3ccccc3CO[C@@H]1[C@H]2O. The largest absolute Gasteiger partial charge is 0.388 e. The van der Waals surface area contributed by atoms with Crippen molar-refractivity contribution in [3.8, 4) is 0 Å². The second-order valence-electron chi connectivity index (χ2n) is 5.79. The minimum atomic E-state index is -0.633. The molecule has 20 heavy (non-hydrogen) atoms. The Hall–Kier alpha value is -0.940. The molecule has 110 valence electrons. The lowest BCUT2D eigenvalue weighted by Crippen LogP contribution is -2.55. The van der Waals surface area contributed by atoms with Crippen LogP contribution in [0.4, 0.5) is 0 Å². The molecule has 1 N–H and O–H groups in total. The van der Waals surface area contributed by atoms with E-state index in [-0.39, 0.29) is 24.2 Å². The van der Waals surface area contributed by atoms with Crippen molar-refractivity contribution in [3.05, 3.63) is 35.4 Å². The lowest BCUT2D eigenvalue weighted by molar-refractivity contribution is -0.223. The van der Waals surface area contributed by atoms with Crippen LogP contribution in [0.2, 0.25) is 0 Å². The van der Waals surface area contributed by atoms with Gasteiger partial charge in [-0.1, -0.05) is 31.2 Å². The quantitative estimate of drug-likeness (QED) is 0.787. The Balaban J connectivity index is 1.86. The van der Waals surface area contributed by atoms with E-state index in [0.717, 1.165) is 11.1 Å². The molecule has 0 aromatic heterocycles. The lowest BCUT2D eigenvalue weighted by atomic mass is 9.88. The highest BCUT2D eigenvalue weighted by Crippen LogP contribution is 2.30. The molecule has 0 amide bonds. The number of aliphatic hydroxyl groups excluding tert-OH is 1. The Morgan fingerprint density at radius 2 is 1.80 bits per heavy atom. The van der Waals surface area contributed by atoms with Crippen LogP contribution in [0.3, 0.4) is 0 Å². The van der Waals surface area contributed by atoms with Gasteiger partial charge in [-0.3, -0.25) is 0 Å². The minimum Gasteiger partial charge on any atom is -0.388 e. The molecule has 2 bridgehead atoms. The van der Waals surface area contributed by atoms with Gasteiger partial charge in [-0.15, -0.1) is 0 Å². The second kappa shape index (κ2) is 5.82. The first-order valence-electron chi connectivity index (χ1n) is 7.26. The van der Waals surface area contributed by atoms with Crippen LogP contribution >= 0.6 is 0 Å². The third-order valence-electron chi connectivity index (χ3n) is 4.45. The molecule has 4 nitrogen and oxygen atoms in total. The van der Waals surface area contributed by atoms with Gasteiger partial charge in [0.05, 0.1) is 32.0 Å². The maximum Gasteiger partial charge on any atom is 0.110 e. The molecule has 0 radical (unpaired) electrons. The molecule has 1 fully saturated rings. The molecule has 4 heteroatoms. The maximum absolute atomic E-state index is 10.4. The summed E-state index contributed by atoms with van der Waals surface area (Å²) >= 11 is 0. The van der Waals surface area contributed by atoms with Crippen molar-refractivity contribution in [2.24, 2.45) is 5.92 Å². The average Bonchev–Trinajstić information content (AvgIpc) is 2.45. The van der Waals surface area contributed by atoms with E-state index in [1.54, 1.807) is 0 Å². The highest BCUT2D eigenvalue weighted by atomic mass is 16.6. The van der Waals surface area contributed by atoms with E-state index in [1.807, 2.05) is 19.1 Å². The molecule has 5 atom stereocenters. The molecule has 0 spiro atoms. The van der Waals surface area contributed by atoms with E-state index >= 15 is 0 Å². The lowest BCUT2D eigenvalue weighted by Gasteiger charge is -2.43. The van der Waals surface area contributed by atoms with Gasteiger partial charge in [0.15, 0.2) is 0 Å². The predicted molar refractivity (Wildman–Crippen MR) is 74.2 cm³/mol. The summed E-state index contributed by atoms with van der Waals surface area (Å²) in [5, 5.41) is 10.4. The molecule has 1 aromatic carbocycles. The summed E-state index contributed by atoms with van der Waals surface area (Å²) < 4.78 is 17.6. The number of hydrogen-bond acceptors (Lipinski definition) is 4. The number of hydrogen-bond donors (Lipinski definition) is 1. The Morgan fingerprint density at radius 1 is 1.10 bits per heavy atom. The van der Waals surface area contributed by atoms with Gasteiger partial charge in [0.2, 0.25) is 0 Å². The van der Waals surface area contributed by atoms with Crippen molar-refractivity contribution < 1.29 is 19.3 Å². The van der Waals surface area contributed by atoms with Crippen LogP contribution in [0.1, 0.15) is 25.0 Å². The van der Waals surface area contributed by atoms with Crippen LogP contribution in [0.25, 0.3) is 0 Å². The van der Waals surface area contributed by atoms with Gasteiger partial charge in [0.1, 0.15) is 12.2 Å². The summed E-state index contributed by atoms with van der Waals surface area (Å²) in [5.41, 5.74) is 2.27. The molecule has 0 aliphatic carbocycles. The van der Waals surface area contributed by atoms with Crippen LogP contribution in [0, 0.1) is 5.92 Å². The monoisotopic (exact) mass is 278 g/mol. The van der Waals surface area contributed by atoms with Gasteiger partial charge < -0.3 is 19.3 Å². The number of fused-ring (bicyclic) bond motifs is 3. The zero-order chi connectivity index (χ0) is 14.1. The molecule has 1 saturated heterocycles. The van der Waals surface area contributed by atoms with Gasteiger partial charge >= 0.3 is 0 Å². The minimum absolute atomic E-state index is 0.0617. The summed E-state index contributed by atoms with van der Waals surface area (Å²) in [6.45, 7) is 5.52. The fraction of sp³-hybridized carbons (Fsp3) is 0.625. The number of ether oxygens (including phenoxy) is 3. The zero-order valence-corrected chi connectivity index (χ0v) is 12.0. The number of aliphatic hydroxyl groups is 1. The van der Waals surface area contributed by atoms with E-state index in [0.29, 0.717) is 19.8 Å². The van der Waals surface area contributed by atoms with Crippen molar-refractivity contribution in [1.29, 1.82) is 0 Å². The Bertz CT molecular complexity index is 462. The second-order valence-corrected chi connectivity index (χ2v) is 5.79. The van der Waals surface area contributed by atoms with E-state index < -0.39 is 6.10 Å². The summed E-state index contributed by atoms with van der Waals surface area (Å²) in [4.78, 5) is 0. The first-order chi connectivity index (χ1) is 9.66. The number of benzene rings is 1. The Morgan fingerprint density at radius 3 is 2.55 bits per heavy atom. The maximum atomic E-state index is 10.4. The third-order valence-corrected chi connectivity index (χ3v) is 4.45. The molecular formula is C16H22O4. The van der Waals surface area contributed by atoms with Crippen LogP contribution in [0.5, 0.6) is 0 Å². The fourth-order valence-electron chi connectivity index (χ4n) is 2.97. The van der Waals surface area contributed by atoms with E-state index in [2.05, 4.69) is 19.1 Å². The molecule has 3 rings (SSSR count). The van der Waals surface area contributed by atoms with Crippen molar-refractivity contribution in [3.63, 3.8) is 0 Å². The Kier molecular flexibility index (Phi) is 4.08. The van der Waals surface area contributed by atoms with Gasteiger partial charge in [0.25, 0.3) is 0 Å². The smallest absolute Gasteiger partial charge is 0.110 e. The van der Waals surface area contributed by atoms with E-state index in [9.17, 15) is 5.11 Å². The molecule has 1 aromatic rings. The van der Waals surface area contributed by atoms with Gasteiger partial charge in [-0.2, -0.15) is 0 Å². The van der Waals surface area contributed by atoms with E-state index in [1.165, 1.54) is 0 Å². The van der Waals surface area contributed by atoms with Crippen LogP contribution < -0.4 is 0 Å². The van der Waals surface area contributed by atoms with Gasteiger partial charge in [-0.05, 0) is 18.1 Å². The fourth-order valence-corrected chi connectivity index (χ4v) is 2.97. The molecule has 2 aliphatic heterocycles. The highest BCUT2D eigenvalue weighted by Gasteiger charge is 2.42. The van der Waals surface area contributed by atoms with Crippen molar-refractivity contribution in [1.82, 2.24) is 0 Å². The summed E-state index contributed by atoms with van der Waals surface area (Å²) in [6.07, 6.45) is -1.09. The summed E-state index contributed by atoms with van der Waals surface area (Å²) in [7, 11) is 0. The molecule has 2 heterocycles. The van der Waals surface area contributed by atoms with Crippen molar-refractivity contribution >= 4 is 0 Å². The molecule has 0 saturated carbocycles. The first-order valence-corrected chi connectivity index (χ1v) is 7.26. The van der Waals surface area contributed by atoms with Crippen LogP contribution in [-0.2, 0) is 27.4 Å². The average molecular weight is 278 g/mol. The predicted octanol–water partition coefficient (Wildman–Crippen LogP) is 1.89. The highest BCUT2D eigenvalue weighted by molar-refractivity contribution is 5.26. The van der Waals surface area contributed by atoms with Crippen LogP contribution in [0.15, 0.2) is 24.3 Å². The molecule has 2 unspecified atom stereocenters. The summed E-state index contributed by atoms with van der Waals surface area (Å²) in [6, 6.07) is 8.12.